The number of aromatic nitrogens is 2. The molecule has 1 heterocycles. The first-order valence-corrected chi connectivity index (χ1v) is 7.76. The third-order valence-electron chi connectivity index (χ3n) is 3.48. The second kappa shape index (κ2) is 8.56. The van der Waals surface area contributed by atoms with Gasteiger partial charge in [-0.15, -0.1) is 5.10 Å². The van der Waals surface area contributed by atoms with Gasteiger partial charge in [-0.25, -0.2) is 10.1 Å². The second-order valence-electron chi connectivity index (χ2n) is 5.47. The summed E-state index contributed by atoms with van der Waals surface area (Å²) in [5, 5.41) is 18.7. The Bertz CT molecular complexity index is 842. The third-order valence-corrected chi connectivity index (χ3v) is 3.48. The summed E-state index contributed by atoms with van der Waals surface area (Å²) >= 11 is 0. The Labute approximate surface area is 150 Å². The first-order chi connectivity index (χ1) is 12.4. The summed E-state index contributed by atoms with van der Waals surface area (Å²) in [5.41, 5.74) is 3.95. The summed E-state index contributed by atoms with van der Waals surface area (Å²) in [7, 11) is 1.27. The van der Waals surface area contributed by atoms with Crippen LogP contribution in [0, 0.1) is 10.1 Å². The Hall–Kier alpha value is -3.49. The number of hydrogen-bond donors (Lipinski definition) is 1. The number of rotatable bonds is 7. The molecule has 9 heteroatoms. The van der Waals surface area contributed by atoms with E-state index in [-0.39, 0.29) is 11.6 Å². The predicted octanol–water partition coefficient (Wildman–Crippen LogP) is 2.57. The fourth-order valence-electron chi connectivity index (χ4n) is 2.10. The number of methoxy groups -OCH3 is 1. The van der Waals surface area contributed by atoms with Crippen molar-refractivity contribution in [2.75, 3.05) is 7.11 Å². The molecule has 0 radical (unpaired) electrons. The van der Waals surface area contributed by atoms with E-state index in [9.17, 15) is 14.9 Å². The largest absolute Gasteiger partial charge is 0.475 e. The second-order valence-corrected chi connectivity index (χ2v) is 5.47. The summed E-state index contributed by atoms with van der Waals surface area (Å²) in [6, 6.07) is 8.89. The van der Waals surface area contributed by atoms with Gasteiger partial charge in [0, 0.05) is 0 Å². The molecule has 26 heavy (non-hydrogen) atoms. The van der Waals surface area contributed by atoms with Crippen LogP contribution < -0.4 is 10.2 Å². The van der Waals surface area contributed by atoms with Crippen LogP contribution in [0.1, 0.15) is 25.5 Å². The third kappa shape index (κ3) is 4.76. The molecule has 1 aromatic heterocycles. The topological polar surface area (TPSA) is 112 Å². The van der Waals surface area contributed by atoms with E-state index in [1.807, 2.05) is 43.3 Å². The van der Waals surface area contributed by atoms with Crippen LogP contribution in [0.4, 0.5) is 5.69 Å². The predicted molar refractivity (Wildman–Crippen MR) is 96.9 cm³/mol. The smallest absolute Gasteiger partial charge is 0.350 e. The van der Waals surface area contributed by atoms with Gasteiger partial charge in [-0.1, -0.05) is 36.4 Å². The van der Waals surface area contributed by atoms with Gasteiger partial charge in [0.15, 0.2) is 0 Å². The van der Waals surface area contributed by atoms with Crippen LogP contribution in [0.2, 0.25) is 0 Å². The van der Waals surface area contributed by atoms with Crippen molar-refractivity contribution in [3.8, 4) is 5.88 Å². The Morgan fingerprint density at radius 1 is 1.42 bits per heavy atom. The number of carbonyl (C=O) groups is 1. The highest BCUT2D eigenvalue weighted by Gasteiger charge is 2.25. The zero-order valence-corrected chi connectivity index (χ0v) is 14.6. The minimum atomic E-state index is -0.798. The Morgan fingerprint density at radius 3 is 2.69 bits per heavy atom. The van der Waals surface area contributed by atoms with Crippen LogP contribution in [-0.2, 0) is 4.79 Å². The van der Waals surface area contributed by atoms with Crippen molar-refractivity contribution in [1.29, 1.82) is 0 Å². The maximum absolute atomic E-state index is 12.1. The molecule has 0 saturated carbocycles. The van der Waals surface area contributed by atoms with Crippen LogP contribution >= 0.6 is 0 Å². The van der Waals surface area contributed by atoms with E-state index in [4.69, 9.17) is 4.74 Å². The quantitative estimate of drug-likeness (QED) is 0.465. The average Bonchev–Trinajstić information content (AvgIpc) is 3.06. The fraction of sp³-hybridized carbons (Fsp3) is 0.235. The van der Waals surface area contributed by atoms with Gasteiger partial charge in [0.05, 0.1) is 18.2 Å². The van der Waals surface area contributed by atoms with Gasteiger partial charge in [0.25, 0.3) is 5.91 Å². The van der Waals surface area contributed by atoms with Crippen molar-refractivity contribution in [1.82, 2.24) is 15.2 Å². The van der Waals surface area contributed by atoms with Gasteiger partial charge < -0.3 is 4.74 Å². The Balaban J connectivity index is 2.01. The number of ether oxygens (including phenoxy) is 1. The maximum Gasteiger partial charge on any atom is 0.350 e. The summed E-state index contributed by atoms with van der Waals surface area (Å²) in [5.74, 6) is -0.617. The van der Waals surface area contributed by atoms with Gasteiger partial charge in [0.2, 0.25) is 0 Å². The molecule has 0 aliphatic heterocycles. The molecule has 0 spiro atoms. The lowest BCUT2D eigenvalue weighted by Gasteiger charge is -2.09. The first kappa shape index (κ1) is 18.8. The molecule has 2 rings (SSSR count). The zero-order valence-electron chi connectivity index (χ0n) is 14.6. The number of allylic oxidation sites excluding steroid dienone is 1. The van der Waals surface area contributed by atoms with Crippen molar-refractivity contribution in [2.45, 2.75) is 19.9 Å². The number of nitrogens with zero attached hydrogens (tertiary/aromatic N) is 4. The molecule has 2 aromatic rings. The molecule has 0 aliphatic rings. The van der Waals surface area contributed by atoms with E-state index < -0.39 is 16.9 Å². The van der Waals surface area contributed by atoms with Gasteiger partial charge in [-0.05, 0) is 25.0 Å². The van der Waals surface area contributed by atoms with Crippen molar-refractivity contribution in [2.24, 2.45) is 5.10 Å². The van der Waals surface area contributed by atoms with Crippen LogP contribution in [0.15, 0.2) is 47.2 Å². The number of amides is 1. The fourth-order valence-corrected chi connectivity index (χ4v) is 2.10. The first-order valence-electron chi connectivity index (χ1n) is 7.76. The van der Waals surface area contributed by atoms with Crippen molar-refractivity contribution in [3.63, 3.8) is 0 Å². The molecule has 1 N–H and O–H groups in total. The molecular formula is C17H19N5O4. The van der Waals surface area contributed by atoms with E-state index >= 15 is 0 Å². The van der Waals surface area contributed by atoms with Crippen molar-refractivity contribution < 1.29 is 14.5 Å². The summed E-state index contributed by atoms with van der Waals surface area (Å²) in [4.78, 5) is 22.4. The lowest BCUT2D eigenvalue weighted by atomic mass is 10.1. The Morgan fingerprint density at radius 2 is 2.12 bits per heavy atom. The number of carbonyl (C=O) groups excluding carboxylic acids is 1. The number of benzene rings is 1. The molecule has 0 aliphatic carbocycles. The molecule has 1 unspecified atom stereocenters. The van der Waals surface area contributed by atoms with E-state index in [1.54, 1.807) is 6.92 Å². The van der Waals surface area contributed by atoms with E-state index in [0.29, 0.717) is 0 Å². The molecule has 0 saturated heterocycles. The van der Waals surface area contributed by atoms with Crippen LogP contribution in [0.25, 0.3) is 6.08 Å². The minimum absolute atomic E-state index is 0.153. The van der Waals surface area contributed by atoms with Crippen molar-refractivity contribution >= 4 is 23.9 Å². The van der Waals surface area contributed by atoms with Gasteiger partial charge in [-0.2, -0.15) is 5.10 Å². The minimum Gasteiger partial charge on any atom is -0.475 e. The molecule has 0 fully saturated rings. The van der Waals surface area contributed by atoms with Gasteiger partial charge in [-0.3, -0.25) is 14.9 Å². The number of hydrazone groups is 1. The van der Waals surface area contributed by atoms with E-state index in [1.165, 1.54) is 13.3 Å². The van der Waals surface area contributed by atoms with Crippen molar-refractivity contribution in [3.05, 3.63) is 57.8 Å². The molecule has 1 amide bonds. The molecule has 136 valence electrons. The molecule has 0 bridgehead atoms. The number of nitrogens with one attached hydrogen (secondary N) is 1. The SMILES string of the molecule is COc1nn(C(C)C(=O)NN=CC(C)=Cc2ccccc2)cc1[N+](=O)[O-]. The summed E-state index contributed by atoms with van der Waals surface area (Å²) in [6.07, 6.45) is 4.58. The van der Waals surface area contributed by atoms with Gasteiger partial charge in [0.1, 0.15) is 12.2 Å². The van der Waals surface area contributed by atoms with Gasteiger partial charge >= 0.3 is 11.6 Å². The monoisotopic (exact) mass is 357 g/mol. The van der Waals surface area contributed by atoms with E-state index in [0.717, 1.165) is 22.0 Å². The average molecular weight is 357 g/mol. The van der Waals surface area contributed by atoms with E-state index in [2.05, 4.69) is 15.6 Å². The maximum atomic E-state index is 12.1. The Kier molecular flexibility index (Phi) is 6.20. The molecular weight excluding hydrogens is 338 g/mol. The summed E-state index contributed by atoms with van der Waals surface area (Å²) < 4.78 is 6.01. The number of nitro groups is 1. The van der Waals surface area contributed by atoms with Crippen LogP contribution in [-0.4, -0.2) is 33.9 Å². The molecule has 1 aromatic carbocycles. The zero-order chi connectivity index (χ0) is 19.1. The highest BCUT2D eigenvalue weighted by Crippen LogP contribution is 2.25. The normalized spacial score (nSPS) is 12.8. The summed E-state index contributed by atoms with van der Waals surface area (Å²) in [6.45, 7) is 3.40. The van der Waals surface area contributed by atoms with Crippen LogP contribution in [0.3, 0.4) is 0 Å². The highest BCUT2D eigenvalue weighted by atomic mass is 16.6. The standard InChI is InChI=1S/C17H19N5O4/c1-12(9-14-7-5-4-6-8-14)10-18-19-16(23)13(2)21-11-15(22(24)25)17(20-21)26-3/h4-11,13H,1-3H3,(H,19,23). The lowest BCUT2D eigenvalue weighted by molar-refractivity contribution is -0.385. The lowest BCUT2D eigenvalue weighted by Crippen LogP contribution is -2.27. The number of hydrogen-bond acceptors (Lipinski definition) is 6. The molecule has 1 atom stereocenters. The molecule has 9 nitrogen and oxygen atoms in total. The highest BCUT2D eigenvalue weighted by molar-refractivity contribution is 5.86. The van der Waals surface area contributed by atoms with Crippen LogP contribution in [0.5, 0.6) is 5.88 Å².